The van der Waals surface area contributed by atoms with Gasteiger partial charge < -0.3 is 39.9 Å². The van der Waals surface area contributed by atoms with Gasteiger partial charge in [-0.3, -0.25) is 9.59 Å². The summed E-state index contributed by atoms with van der Waals surface area (Å²) in [7, 11) is 2.57. The van der Waals surface area contributed by atoms with Gasteiger partial charge in [0.1, 0.15) is 23.7 Å². The number of hydrogen-bond donors (Lipinski definition) is 4. The smallest absolute Gasteiger partial charge is 0.407 e. The van der Waals surface area contributed by atoms with Crippen LogP contribution >= 0.6 is 0 Å². The predicted octanol–water partition coefficient (Wildman–Crippen LogP) is 8.09. The molecule has 1 unspecified atom stereocenters. The summed E-state index contributed by atoms with van der Waals surface area (Å²) in [5, 5.41) is 7.60. The fourth-order valence-corrected chi connectivity index (χ4v) is 8.52. The van der Waals surface area contributed by atoms with Crippen molar-refractivity contribution >= 4 is 34.8 Å². The maximum absolute atomic E-state index is 13.9. The number of carbonyl (C=O) groups is 4. The van der Waals surface area contributed by atoms with Crippen LogP contribution in [-0.2, 0) is 19.1 Å². The van der Waals surface area contributed by atoms with Gasteiger partial charge in [0.2, 0.25) is 5.91 Å². The van der Waals surface area contributed by atoms with Crippen LogP contribution in [0.15, 0.2) is 103 Å². The molecule has 2 saturated heterocycles. The number of alkyl carbamates (subject to hydrolysis) is 2. The molecule has 2 aromatic heterocycles. The third-order valence-corrected chi connectivity index (χ3v) is 11.8. The Morgan fingerprint density at radius 2 is 1.15 bits per heavy atom. The molecule has 0 bridgehead atoms. The first-order valence-electron chi connectivity index (χ1n) is 20.7. The second kappa shape index (κ2) is 17.7. The van der Waals surface area contributed by atoms with Crippen molar-refractivity contribution < 1.29 is 28.7 Å². The molecule has 14 nitrogen and oxygen atoms in total. The highest BCUT2D eigenvalue weighted by Gasteiger charge is 2.39. The predicted molar refractivity (Wildman–Crippen MR) is 231 cm³/mol. The Kier molecular flexibility index (Phi) is 11.9. The average molecular weight is 823 g/mol. The minimum absolute atomic E-state index is 0.107. The number of carbonyl (C=O) groups excluding carboxylic acids is 4. The summed E-state index contributed by atoms with van der Waals surface area (Å²) in [6, 6.07) is 28.2. The van der Waals surface area contributed by atoms with E-state index < -0.39 is 24.3 Å². The number of aromatic nitrogens is 4. The van der Waals surface area contributed by atoms with Gasteiger partial charge in [-0.15, -0.1) is 0 Å². The highest BCUT2D eigenvalue weighted by Crippen LogP contribution is 2.36. The van der Waals surface area contributed by atoms with Crippen molar-refractivity contribution in [1.29, 1.82) is 0 Å². The molecular formula is C47H50N8O6. The molecule has 0 spiro atoms. The molecule has 4 heterocycles. The number of ether oxygens (including phenoxy) is 2. The highest BCUT2D eigenvalue weighted by atomic mass is 16.5. The lowest BCUT2D eigenvalue weighted by atomic mass is 9.98. The quantitative estimate of drug-likeness (QED) is 0.101. The summed E-state index contributed by atoms with van der Waals surface area (Å²) >= 11 is 0. The second-order valence-electron chi connectivity index (χ2n) is 15.9. The Hall–Kier alpha value is -6.96. The van der Waals surface area contributed by atoms with Gasteiger partial charge in [0.05, 0.1) is 50.1 Å². The van der Waals surface area contributed by atoms with Crippen LogP contribution in [0.4, 0.5) is 9.59 Å². The van der Waals surface area contributed by atoms with Crippen LogP contribution < -0.4 is 10.6 Å². The first kappa shape index (κ1) is 40.8. The SMILES string of the molecule is COC(=O)N[C@H](C(=O)N1CCCC1c1ncc(-c2ccc(-c3ccc4cc(-c5cnc([C@@H]6CCCN6C(=O)[C@H](NC(=O)OC)c6ccccc6)[nH]5)ccc4c3)cc2)[nH]1)C(C)C. The summed E-state index contributed by atoms with van der Waals surface area (Å²) in [6.45, 7) is 4.95. The van der Waals surface area contributed by atoms with Gasteiger partial charge >= 0.3 is 12.2 Å². The number of likely N-dealkylation sites (tertiary alicyclic amines) is 2. The van der Waals surface area contributed by atoms with Gasteiger partial charge in [-0.2, -0.15) is 0 Å². The molecule has 61 heavy (non-hydrogen) atoms. The standard InChI is InChI=1S/C47H50N8O6/c1-28(2)40(52-46(58)60-3)44(56)54-22-8-12-38(54)42-48-26-36(50-42)30-16-14-29(15-17-30)32-18-19-34-25-35(21-20-33(34)24-32)37-27-49-43(51-37)39-13-9-23-55(39)45(57)41(53-47(59)61-4)31-10-6-5-7-11-31/h5-7,10-11,14-21,24-28,38-41H,8-9,12-13,22-23H2,1-4H3,(H,48,50)(H,49,51)(H,52,58)(H,53,59)/t38?,39-,40-,41+/m0/s1. The Morgan fingerprint density at radius 1 is 0.639 bits per heavy atom. The molecule has 4 amide bonds. The summed E-state index contributed by atoms with van der Waals surface area (Å²) in [5.74, 6) is 0.973. The van der Waals surface area contributed by atoms with Crippen molar-refractivity contribution in [1.82, 2.24) is 40.4 Å². The summed E-state index contributed by atoms with van der Waals surface area (Å²) in [5.41, 5.74) is 6.52. The molecule has 14 heteroatoms. The lowest BCUT2D eigenvalue weighted by Gasteiger charge is -2.30. The molecule has 2 aliphatic rings. The first-order valence-corrected chi connectivity index (χ1v) is 20.7. The molecule has 0 saturated carbocycles. The Bertz CT molecular complexity index is 2530. The van der Waals surface area contributed by atoms with E-state index in [0.29, 0.717) is 24.5 Å². The Balaban J connectivity index is 0.943. The van der Waals surface area contributed by atoms with Crippen LogP contribution in [0.3, 0.4) is 0 Å². The maximum atomic E-state index is 13.9. The van der Waals surface area contributed by atoms with Crippen molar-refractivity contribution in [2.75, 3.05) is 27.3 Å². The fourth-order valence-electron chi connectivity index (χ4n) is 8.52. The van der Waals surface area contributed by atoms with E-state index in [4.69, 9.17) is 19.4 Å². The number of imidazole rings is 2. The second-order valence-corrected chi connectivity index (χ2v) is 15.9. The molecule has 2 aliphatic heterocycles. The van der Waals surface area contributed by atoms with Crippen LogP contribution in [0.2, 0.25) is 0 Å². The van der Waals surface area contributed by atoms with E-state index >= 15 is 0 Å². The molecule has 4 atom stereocenters. The number of H-pyrrole nitrogens is 2. The monoisotopic (exact) mass is 822 g/mol. The molecule has 6 aromatic rings. The van der Waals surface area contributed by atoms with Crippen LogP contribution in [0.25, 0.3) is 44.4 Å². The topological polar surface area (TPSA) is 175 Å². The van der Waals surface area contributed by atoms with E-state index in [1.807, 2.05) is 61.5 Å². The highest BCUT2D eigenvalue weighted by molar-refractivity contribution is 5.91. The molecule has 4 N–H and O–H groups in total. The van der Waals surface area contributed by atoms with E-state index in [2.05, 4.69) is 81.3 Å². The fraction of sp³-hybridized carbons (Fsp3) is 0.319. The van der Waals surface area contributed by atoms with E-state index in [-0.39, 0.29) is 29.8 Å². The van der Waals surface area contributed by atoms with Gasteiger partial charge in [-0.1, -0.05) is 92.7 Å². The molecule has 0 radical (unpaired) electrons. The molecular weight excluding hydrogens is 773 g/mol. The van der Waals surface area contributed by atoms with Crippen molar-refractivity contribution in [2.45, 2.75) is 63.7 Å². The number of nitrogens with one attached hydrogen (secondary N) is 4. The number of aromatic amines is 2. The third-order valence-electron chi connectivity index (χ3n) is 11.8. The Labute approximate surface area is 354 Å². The number of benzene rings is 4. The first-order chi connectivity index (χ1) is 29.6. The molecule has 314 valence electrons. The van der Waals surface area contributed by atoms with Crippen molar-refractivity contribution in [3.8, 4) is 33.6 Å². The summed E-state index contributed by atoms with van der Waals surface area (Å²) in [6.07, 6.45) is 5.53. The number of hydrogen-bond acceptors (Lipinski definition) is 8. The number of nitrogens with zero attached hydrogens (tertiary/aromatic N) is 4. The normalized spacial score (nSPS) is 17.3. The molecule has 8 rings (SSSR count). The maximum Gasteiger partial charge on any atom is 0.407 e. The third kappa shape index (κ3) is 8.56. The van der Waals surface area contributed by atoms with Crippen LogP contribution in [0.1, 0.15) is 74.9 Å². The van der Waals surface area contributed by atoms with E-state index in [1.54, 1.807) is 4.90 Å². The largest absolute Gasteiger partial charge is 0.453 e. The summed E-state index contributed by atoms with van der Waals surface area (Å²) < 4.78 is 9.60. The lowest BCUT2D eigenvalue weighted by Crippen LogP contribution is -2.51. The number of methoxy groups -OCH3 is 2. The van der Waals surface area contributed by atoms with Gasteiger partial charge in [0, 0.05) is 18.7 Å². The minimum atomic E-state index is -0.881. The number of rotatable bonds is 11. The van der Waals surface area contributed by atoms with Gasteiger partial charge in [0.25, 0.3) is 5.91 Å². The van der Waals surface area contributed by atoms with Gasteiger partial charge in [0.15, 0.2) is 0 Å². The lowest BCUT2D eigenvalue weighted by molar-refractivity contribution is -0.135. The van der Waals surface area contributed by atoms with E-state index in [0.717, 1.165) is 75.9 Å². The summed E-state index contributed by atoms with van der Waals surface area (Å²) in [4.78, 5) is 71.7. The minimum Gasteiger partial charge on any atom is -0.453 e. The zero-order valence-electron chi connectivity index (χ0n) is 34.7. The molecule has 0 aliphatic carbocycles. The average Bonchev–Trinajstić information content (AvgIpc) is 4.14. The van der Waals surface area contributed by atoms with Crippen LogP contribution in [0.5, 0.6) is 0 Å². The number of fused-ring (bicyclic) bond motifs is 1. The molecule has 4 aromatic carbocycles. The van der Waals surface area contributed by atoms with Crippen LogP contribution in [0, 0.1) is 5.92 Å². The van der Waals surface area contributed by atoms with Crippen molar-refractivity contribution in [2.24, 2.45) is 5.92 Å². The van der Waals surface area contributed by atoms with Gasteiger partial charge in [-0.25, -0.2) is 19.6 Å². The molecule has 2 fully saturated rings. The van der Waals surface area contributed by atoms with E-state index in [9.17, 15) is 19.2 Å². The number of amides is 4. The zero-order chi connectivity index (χ0) is 42.6. The van der Waals surface area contributed by atoms with Crippen LogP contribution in [-0.4, -0.2) is 87.1 Å². The van der Waals surface area contributed by atoms with E-state index in [1.165, 1.54) is 14.2 Å². The Morgan fingerprint density at radius 3 is 1.74 bits per heavy atom. The van der Waals surface area contributed by atoms with Crippen molar-refractivity contribution in [3.05, 3.63) is 121 Å². The zero-order valence-corrected chi connectivity index (χ0v) is 34.7. The van der Waals surface area contributed by atoms with Crippen molar-refractivity contribution in [3.63, 3.8) is 0 Å². The van der Waals surface area contributed by atoms with Gasteiger partial charge in [-0.05, 0) is 76.8 Å².